The molecule has 0 bridgehead atoms. The number of para-hydroxylation sites is 2. The van der Waals surface area contributed by atoms with E-state index >= 15 is 0 Å². The maximum Gasteiger partial charge on any atom is 0.255 e. The van der Waals surface area contributed by atoms with Crippen LogP contribution in [0.5, 0.6) is 11.5 Å². The molecule has 1 aliphatic carbocycles. The summed E-state index contributed by atoms with van der Waals surface area (Å²) in [6.45, 7) is 5.05. The number of likely N-dealkylation sites (N-methyl/N-ethyl adjacent to an activating group) is 1. The molecular formula is C28H29ClN2O3. The molecule has 1 aliphatic heterocycles. The Morgan fingerprint density at radius 2 is 1.91 bits per heavy atom. The fraction of sp³-hybridized carbons (Fsp3) is 0.321. The van der Waals surface area contributed by atoms with E-state index in [4.69, 9.17) is 21.1 Å². The number of hydrogen-bond donors (Lipinski definition) is 1. The lowest BCUT2D eigenvalue weighted by Crippen LogP contribution is -2.41. The minimum atomic E-state index is -0.171. The maximum absolute atomic E-state index is 13.1. The Kier molecular flexibility index (Phi) is 6.13. The van der Waals surface area contributed by atoms with Gasteiger partial charge in [0.2, 0.25) is 0 Å². The highest BCUT2D eigenvalue weighted by atomic mass is 35.5. The van der Waals surface area contributed by atoms with Crippen molar-refractivity contribution in [3.8, 4) is 11.5 Å². The van der Waals surface area contributed by atoms with Gasteiger partial charge in [-0.2, -0.15) is 0 Å². The van der Waals surface area contributed by atoms with E-state index in [0.717, 1.165) is 34.9 Å². The molecular weight excluding hydrogens is 448 g/mol. The summed E-state index contributed by atoms with van der Waals surface area (Å²) in [6, 6.07) is 17.7. The molecule has 6 heteroatoms. The first-order chi connectivity index (χ1) is 16.4. The van der Waals surface area contributed by atoms with Crippen molar-refractivity contribution in [2.45, 2.75) is 38.7 Å². The van der Waals surface area contributed by atoms with Crippen molar-refractivity contribution < 1.29 is 14.3 Å². The molecule has 1 heterocycles. The molecule has 0 aromatic heterocycles. The first-order valence-electron chi connectivity index (χ1n) is 11.7. The summed E-state index contributed by atoms with van der Waals surface area (Å²) in [5.41, 5.74) is 5.34. The number of aryl methyl sites for hydroxylation is 2. The number of rotatable bonds is 6. The molecule has 0 unspecified atom stereocenters. The van der Waals surface area contributed by atoms with Gasteiger partial charge in [-0.05, 0) is 85.7 Å². The fourth-order valence-electron chi connectivity index (χ4n) is 4.45. The van der Waals surface area contributed by atoms with Crippen LogP contribution in [0.25, 0.3) is 0 Å². The monoisotopic (exact) mass is 476 g/mol. The predicted molar refractivity (Wildman–Crippen MR) is 137 cm³/mol. The summed E-state index contributed by atoms with van der Waals surface area (Å²) in [7, 11) is 2.06. The zero-order chi connectivity index (χ0) is 23.8. The highest BCUT2D eigenvalue weighted by molar-refractivity contribution is 6.34. The number of hydrogen-bond acceptors (Lipinski definition) is 4. The molecule has 1 fully saturated rings. The Labute approximate surface area is 205 Å². The van der Waals surface area contributed by atoms with Crippen LogP contribution in [0.4, 0.5) is 11.4 Å². The summed E-state index contributed by atoms with van der Waals surface area (Å²) >= 11 is 6.36. The van der Waals surface area contributed by atoms with Crippen molar-refractivity contribution in [1.29, 1.82) is 0 Å². The lowest BCUT2D eigenvalue weighted by atomic mass is 10.0. The van der Waals surface area contributed by atoms with Gasteiger partial charge < -0.3 is 19.7 Å². The predicted octanol–water partition coefficient (Wildman–Crippen LogP) is 6.36. The van der Waals surface area contributed by atoms with Crippen LogP contribution >= 0.6 is 11.6 Å². The molecule has 2 aliphatic rings. The number of nitrogens with zero attached hydrogens (tertiary/aromatic N) is 1. The average Bonchev–Trinajstić information content (AvgIpc) is 3.66. The zero-order valence-electron chi connectivity index (χ0n) is 19.7. The number of benzene rings is 3. The van der Waals surface area contributed by atoms with Crippen LogP contribution in [-0.4, -0.2) is 32.2 Å². The lowest BCUT2D eigenvalue weighted by molar-refractivity contribution is 0.102. The van der Waals surface area contributed by atoms with E-state index in [0.29, 0.717) is 28.8 Å². The van der Waals surface area contributed by atoms with Gasteiger partial charge in [0, 0.05) is 12.6 Å². The molecule has 1 atom stereocenters. The van der Waals surface area contributed by atoms with Crippen LogP contribution < -0.4 is 19.7 Å². The van der Waals surface area contributed by atoms with Gasteiger partial charge >= 0.3 is 0 Å². The number of fused-ring (bicyclic) bond motifs is 1. The van der Waals surface area contributed by atoms with Crippen LogP contribution in [0, 0.1) is 13.8 Å². The molecule has 0 radical (unpaired) electrons. The van der Waals surface area contributed by atoms with E-state index in [2.05, 4.69) is 23.3 Å². The Morgan fingerprint density at radius 1 is 1.12 bits per heavy atom. The third kappa shape index (κ3) is 4.71. The Hall–Kier alpha value is -3.18. The van der Waals surface area contributed by atoms with Crippen molar-refractivity contribution >= 4 is 28.9 Å². The first kappa shape index (κ1) is 22.6. The van der Waals surface area contributed by atoms with Gasteiger partial charge in [-0.15, -0.1) is 0 Å². The topological polar surface area (TPSA) is 50.8 Å². The second kappa shape index (κ2) is 9.22. The molecule has 34 heavy (non-hydrogen) atoms. The number of anilines is 2. The highest BCUT2D eigenvalue weighted by Crippen LogP contribution is 2.42. The van der Waals surface area contributed by atoms with E-state index in [1.54, 1.807) is 0 Å². The van der Waals surface area contributed by atoms with Gasteiger partial charge in [0.15, 0.2) is 0 Å². The average molecular weight is 477 g/mol. The molecule has 0 spiro atoms. The lowest BCUT2D eigenvalue weighted by Gasteiger charge is -2.33. The molecule has 176 valence electrons. The van der Waals surface area contributed by atoms with E-state index in [1.165, 1.54) is 18.4 Å². The smallest absolute Gasteiger partial charge is 0.255 e. The van der Waals surface area contributed by atoms with Crippen LogP contribution in [0.15, 0.2) is 54.6 Å². The van der Waals surface area contributed by atoms with Crippen LogP contribution in [0.3, 0.4) is 0 Å². The third-order valence-electron chi connectivity index (χ3n) is 6.53. The van der Waals surface area contributed by atoms with Crippen LogP contribution in [-0.2, 0) is 0 Å². The summed E-state index contributed by atoms with van der Waals surface area (Å²) in [6.07, 6.45) is 2.32. The SMILES string of the molecule is Cc1cc(C(=O)Nc2cc(C3CC3)ccc2Cl)c(C)cc1OC[C@@H]1CN(C)c2ccccc2O1. The van der Waals surface area contributed by atoms with Crippen molar-refractivity contribution in [3.05, 3.63) is 81.9 Å². The largest absolute Gasteiger partial charge is 0.489 e. The van der Waals surface area contributed by atoms with E-state index in [-0.39, 0.29) is 12.0 Å². The van der Waals surface area contributed by atoms with Crippen molar-refractivity contribution in [2.24, 2.45) is 0 Å². The Balaban J connectivity index is 1.27. The number of carbonyl (C=O) groups excluding carboxylic acids is 1. The molecule has 0 saturated heterocycles. The zero-order valence-corrected chi connectivity index (χ0v) is 20.5. The normalized spacial score (nSPS) is 17.1. The van der Waals surface area contributed by atoms with Gasteiger partial charge in [0.1, 0.15) is 24.2 Å². The fourth-order valence-corrected chi connectivity index (χ4v) is 4.62. The number of carbonyl (C=O) groups is 1. The summed E-state index contributed by atoms with van der Waals surface area (Å²) in [5.74, 6) is 2.05. The van der Waals surface area contributed by atoms with E-state index in [1.807, 2.05) is 62.4 Å². The third-order valence-corrected chi connectivity index (χ3v) is 6.86. The molecule has 1 amide bonds. The second-order valence-corrected chi connectivity index (χ2v) is 9.71. The summed E-state index contributed by atoms with van der Waals surface area (Å²) in [5, 5.41) is 3.55. The molecule has 1 saturated carbocycles. The van der Waals surface area contributed by atoms with Crippen molar-refractivity contribution in [2.75, 3.05) is 30.4 Å². The van der Waals surface area contributed by atoms with E-state index in [9.17, 15) is 4.79 Å². The minimum Gasteiger partial charge on any atom is -0.489 e. The van der Waals surface area contributed by atoms with Gasteiger partial charge in [-0.25, -0.2) is 0 Å². The quantitative estimate of drug-likeness (QED) is 0.449. The van der Waals surface area contributed by atoms with Gasteiger partial charge in [0.05, 0.1) is 22.9 Å². The summed E-state index contributed by atoms with van der Waals surface area (Å²) in [4.78, 5) is 15.3. The van der Waals surface area contributed by atoms with Gasteiger partial charge in [-0.3, -0.25) is 4.79 Å². The number of amides is 1. The molecule has 1 N–H and O–H groups in total. The van der Waals surface area contributed by atoms with Crippen LogP contribution in [0.1, 0.15) is 45.8 Å². The van der Waals surface area contributed by atoms with Gasteiger partial charge in [0.25, 0.3) is 5.91 Å². The van der Waals surface area contributed by atoms with Crippen LogP contribution in [0.2, 0.25) is 5.02 Å². The van der Waals surface area contributed by atoms with E-state index < -0.39 is 0 Å². The number of ether oxygens (including phenoxy) is 2. The maximum atomic E-state index is 13.1. The molecule has 5 nitrogen and oxygen atoms in total. The highest BCUT2D eigenvalue weighted by Gasteiger charge is 2.25. The molecule has 3 aromatic rings. The first-order valence-corrected chi connectivity index (χ1v) is 12.1. The molecule has 3 aromatic carbocycles. The second-order valence-electron chi connectivity index (χ2n) is 9.30. The summed E-state index contributed by atoms with van der Waals surface area (Å²) < 4.78 is 12.3. The Bertz CT molecular complexity index is 1240. The number of nitrogens with one attached hydrogen (secondary N) is 1. The van der Waals surface area contributed by atoms with Gasteiger partial charge in [-0.1, -0.05) is 29.8 Å². The minimum absolute atomic E-state index is 0.0801. The van der Waals surface area contributed by atoms with Crippen molar-refractivity contribution in [3.63, 3.8) is 0 Å². The number of halogens is 1. The standard InChI is InChI=1S/C28H29ClN2O3/c1-17-13-27(33-16-21-15-31(3)25-6-4-5-7-26(25)34-21)18(2)12-22(17)28(32)30-24-14-20(19-8-9-19)10-11-23(24)29/h4-7,10-14,19,21H,8-9,15-16H2,1-3H3,(H,30,32)/t21-/m0/s1. The van der Waals surface area contributed by atoms with Crippen molar-refractivity contribution in [1.82, 2.24) is 0 Å². The Morgan fingerprint density at radius 3 is 2.71 bits per heavy atom. The molecule has 5 rings (SSSR count).